The van der Waals surface area contributed by atoms with E-state index in [9.17, 15) is 8.42 Å². The molecular formula is C18H20Cl2N2O3S. The monoisotopic (exact) mass is 414 g/mol. The number of hydrogen-bond acceptors (Lipinski definition) is 4. The summed E-state index contributed by atoms with van der Waals surface area (Å²) in [5.41, 5.74) is 1.13. The number of morpholine rings is 1. The second-order valence-corrected chi connectivity index (χ2v) is 8.62. The molecule has 0 aliphatic carbocycles. The maximum Gasteiger partial charge on any atom is 0.242 e. The van der Waals surface area contributed by atoms with Crippen LogP contribution in [0.4, 0.5) is 0 Å². The van der Waals surface area contributed by atoms with Crippen molar-refractivity contribution in [2.75, 3.05) is 32.8 Å². The molecule has 1 fully saturated rings. The Balaban J connectivity index is 1.56. The fourth-order valence-corrected chi connectivity index (χ4v) is 4.66. The molecule has 3 rings (SSSR count). The summed E-state index contributed by atoms with van der Waals surface area (Å²) >= 11 is 11.9. The van der Waals surface area contributed by atoms with E-state index in [1.165, 1.54) is 12.1 Å². The Morgan fingerprint density at radius 2 is 1.92 bits per heavy atom. The highest BCUT2D eigenvalue weighted by Crippen LogP contribution is 2.25. The van der Waals surface area contributed by atoms with Crippen LogP contribution < -0.4 is 4.72 Å². The lowest BCUT2D eigenvalue weighted by molar-refractivity contribution is -0.0291. The van der Waals surface area contributed by atoms with Crippen LogP contribution in [0.2, 0.25) is 10.0 Å². The van der Waals surface area contributed by atoms with Gasteiger partial charge in [0, 0.05) is 31.2 Å². The lowest BCUT2D eigenvalue weighted by atomic mass is 10.1. The van der Waals surface area contributed by atoms with E-state index in [1.54, 1.807) is 6.07 Å². The van der Waals surface area contributed by atoms with Crippen molar-refractivity contribution in [3.8, 4) is 0 Å². The summed E-state index contributed by atoms with van der Waals surface area (Å²) in [4.78, 5) is 2.18. The number of nitrogens with one attached hydrogen (secondary N) is 1. The third-order valence-electron chi connectivity index (χ3n) is 4.22. The molecule has 2 aromatic carbocycles. The molecule has 0 spiro atoms. The highest BCUT2D eigenvalue weighted by Gasteiger charge is 2.23. The zero-order valence-corrected chi connectivity index (χ0v) is 16.4. The van der Waals surface area contributed by atoms with E-state index < -0.39 is 10.0 Å². The molecule has 1 atom stereocenters. The van der Waals surface area contributed by atoms with E-state index in [-0.39, 0.29) is 22.6 Å². The highest BCUT2D eigenvalue weighted by molar-refractivity contribution is 7.89. The first kappa shape index (κ1) is 19.6. The molecule has 8 heteroatoms. The number of nitrogens with zero attached hydrogens (tertiary/aromatic N) is 1. The molecule has 0 aromatic heterocycles. The van der Waals surface area contributed by atoms with Gasteiger partial charge in [-0.3, -0.25) is 4.90 Å². The number of benzene rings is 2. The lowest BCUT2D eigenvalue weighted by Gasteiger charge is -2.33. The summed E-state index contributed by atoms with van der Waals surface area (Å²) in [6.07, 6.45) is 0.00364. The van der Waals surface area contributed by atoms with Crippen molar-refractivity contribution in [2.24, 2.45) is 0 Å². The van der Waals surface area contributed by atoms with Crippen LogP contribution in [0.15, 0.2) is 53.4 Å². The first-order valence-electron chi connectivity index (χ1n) is 8.29. The molecule has 1 saturated heterocycles. The molecule has 0 bridgehead atoms. The smallest absolute Gasteiger partial charge is 0.242 e. The number of hydrogen-bond donors (Lipinski definition) is 1. The van der Waals surface area contributed by atoms with Gasteiger partial charge in [0.05, 0.1) is 17.7 Å². The van der Waals surface area contributed by atoms with Crippen molar-refractivity contribution in [3.63, 3.8) is 0 Å². The molecule has 2 aromatic rings. The van der Waals surface area contributed by atoms with Crippen LogP contribution in [0.1, 0.15) is 11.7 Å². The molecular weight excluding hydrogens is 395 g/mol. The van der Waals surface area contributed by atoms with Crippen molar-refractivity contribution in [3.05, 3.63) is 64.1 Å². The van der Waals surface area contributed by atoms with Gasteiger partial charge in [-0.25, -0.2) is 13.1 Å². The van der Waals surface area contributed by atoms with Gasteiger partial charge in [0.2, 0.25) is 10.0 Å². The predicted molar refractivity (Wildman–Crippen MR) is 103 cm³/mol. The van der Waals surface area contributed by atoms with Gasteiger partial charge < -0.3 is 4.74 Å². The molecule has 0 saturated carbocycles. The van der Waals surface area contributed by atoms with Crippen molar-refractivity contribution < 1.29 is 13.2 Å². The number of sulfonamides is 1. The van der Waals surface area contributed by atoms with Gasteiger partial charge in [-0.05, 0) is 23.8 Å². The van der Waals surface area contributed by atoms with Crippen molar-refractivity contribution in [1.29, 1.82) is 0 Å². The molecule has 1 aliphatic rings. The minimum atomic E-state index is -3.70. The minimum Gasteiger partial charge on any atom is -0.371 e. The molecule has 140 valence electrons. The summed E-state index contributed by atoms with van der Waals surface area (Å²) < 4.78 is 33.3. The van der Waals surface area contributed by atoms with Gasteiger partial charge in [0.25, 0.3) is 0 Å². The SMILES string of the molecule is O=S(=O)(NCCN1CCO[C@@H](c2ccccc2)C1)c1cc(Cl)ccc1Cl. The van der Waals surface area contributed by atoms with Crippen LogP contribution >= 0.6 is 23.2 Å². The number of rotatable bonds is 6. The van der Waals surface area contributed by atoms with Gasteiger partial charge in [-0.2, -0.15) is 0 Å². The molecule has 0 radical (unpaired) electrons. The van der Waals surface area contributed by atoms with E-state index in [0.29, 0.717) is 18.2 Å². The maximum absolute atomic E-state index is 12.4. The van der Waals surface area contributed by atoms with Crippen LogP contribution in [0.25, 0.3) is 0 Å². The van der Waals surface area contributed by atoms with Gasteiger partial charge in [-0.1, -0.05) is 53.5 Å². The average Bonchev–Trinajstić information content (AvgIpc) is 2.64. The summed E-state index contributed by atoms with van der Waals surface area (Å²) in [6.45, 7) is 2.98. The normalized spacial score (nSPS) is 18.8. The van der Waals surface area contributed by atoms with Crippen LogP contribution in [0.5, 0.6) is 0 Å². The van der Waals surface area contributed by atoms with Gasteiger partial charge in [-0.15, -0.1) is 0 Å². The van der Waals surface area contributed by atoms with E-state index in [4.69, 9.17) is 27.9 Å². The second-order valence-electron chi connectivity index (χ2n) is 6.04. The predicted octanol–water partition coefficient (Wildman–Crippen LogP) is 3.35. The van der Waals surface area contributed by atoms with E-state index in [0.717, 1.165) is 18.7 Å². The van der Waals surface area contributed by atoms with Crippen LogP contribution in [0, 0.1) is 0 Å². The Morgan fingerprint density at radius 3 is 2.69 bits per heavy atom. The Kier molecular flexibility index (Phi) is 6.55. The summed E-state index contributed by atoms with van der Waals surface area (Å²) in [5, 5.41) is 0.478. The average molecular weight is 415 g/mol. The zero-order chi connectivity index (χ0) is 18.6. The fraction of sp³-hybridized carbons (Fsp3) is 0.333. The molecule has 1 aliphatic heterocycles. The van der Waals surface area contributed by atoms with E-state index in [2.05, 4.69) is 9.62 Å². The van der Waals surface area contributed by atoms with Crippen LogP contribution in [-0.4, -0.2) is 46.1 Å². The molecule has 5 nitrogen and oxygen atoms in total. The number of halogens is 2. The lowest BCUT2D eigenvalue weighted by Crippen LogP contribution is -2.42. The van der Waals surface area contributed by atoms with Gasteiger partial charge in [0.15, 0.2) is 0 Å². The third-order valence-corrected chi connectivity index (χ3v) is 6.40. The standard InChI is InChI=1S/C18H20Cl2N2O3S/c19-15-6-7-16(20)18(12-15)26(23,24)21-8-9-22-10-11-25-17(13-22)14-4-2-1-3-5-14/h1-7,12,17,21H,8-11,13H2/t17-/m1/s1. The highest BCUT2D eigenvalue weighted by atomic mass is 35.5. The van der Waals surface area contributed by atoms with Crippen molar-refractivity contribution in [2.45, 2.75) is 11.0 Å². The summed E-state index contributed by atoms with van der Waals surface area (Å²) in [7, 11) is -3.70. The Hall–Kier alpha value is -1.15. The second kappa shape index (κ2) is 8.69. The Labute approximate surface area is 163 Å². The van der Waals surface area contributed by atoms with Crippen LogP contribution in [0.3, 0.4) is 0 Å². The van der Waals surface area contributed by atoms with Crippen molar-refractivity contribution in [1.82, 2.24) is 9.62 Å². The van der Waals surface area contributed by atoms with Crippen LogP contribution in [-0.2, 0) is 14.8 Å². The van der Waals surface area contributed by atoms with Crippen molar-refractivity contribution >= 4 is 33.2 Å². The molecule has 26 heavy (non-hydrogen) atoms. The third kappa shape index (κ3) is 4.97. The quantitative estimate of drug-likeness (QED) is 0.786. The first-order valence-corrected chi connectivity index (χ1v) is 10.5. The van der Waals surface area contributed by atoms with E-state index in [1.807, 2.05) is 30.3 Å². The topological polar surface area (TPSA) is 58.6 Å². The van der Waals surface area contributed by atoms with E-state index >= 15 is 0 Å². The zero-order valence-electron chi connectivity index (χ0n) is 14.1. The maximum atomic E-state index is 12.4. The Morgan fingerprint density at radius 1 is 1.15 bits per heavy atom. The Bertz CT molecular complexity index is 847. The van der Waals surface area contributed by atoms with Gasteiger partial charge >= 0.3 is 0 Å². The summed E-state index contributed by atoms with van der Waals surface area (Å²) in [5.74, 6) is 0. The fourth-order valence-electron chi connectivity index (χ4n) is 2.87. The minimum absolute atomic E-state index is 0.00364. The molecule has 0 amide bonds. The summed E-state index contributed by atoms with van der Waals surface area (Å²) in [6, 6.07) is 14.4. The molecule has 1 heterocycles. The first-order chi connectivity index (χ1) is 12.5. The largest absolute Gasteiger partial charge is 0.371 e. The molecule has 0 unspecified atom stereocenters. The number of ether oxygens (including phenoxy) is 1. The van der Waals surface area contributed by atoms with Gasteiger partial charge in [0.1, 0.15) is 4.90 Å². The molecule has 1 N–H and O–H groups in total.